The number of piperidine rings is 1. The number of halogens is 1. The zero-order valence-corrected chi connectivity index (χ0v) is 11.7. The monoisotopic (exact) mass is 313 g/mol. The van der Waals surface area contributed by atoms with Gasteiger partial charge in [0.15, 0.2) is 0 Å². The van der Waals surface area contributed by atoms with Gasteiger partial charge in [-0.1, -0.05) is 0 Å². The van der Waals surface area contributed by atoms with Crippen LogP contribution in [0.2, 0.25) is 0 Å². The van der Waals surface area contributed by atoms with E-state index in [1.807, 2.05) is 0 Å². The van der Waals surface area contributed by atoms with Gasteiger partial charge in [0.25, 0.3) is 0 Å². The first-order valence-corrected chi connectivity index (χ1v) is 7.64. The average molecular weight is 313 g/mol. The third kappa shape index (κ3) is 3.01. The molecular weight excluding hydrogens is 301 g/mol. The maximum Gasteiger partial charge on any atom is 0.306 e. The van der Waals surface area contributed by atoms with E-state index in [1.165, 1.54) is 0 Å². The summed E-state index contributed by atoms with van der Waals surface area (Å²) in [5.41, 5.74) is -0.872. The summed E-state index contributed by atoms with van der Waals surface area (Å²) in [6.45, 7) is 0.345. The van der Waals surface area contributed by atoms with Crippen LogP contribution in [0.15, 0.2) is 23.1 Å². The van der Waals surface area contributed by atoms with Crippen molar-refractivity contribution in [2.75, 3.05) is 13.1 Å². The van der Waals surface area contributed by atoms with Crippen LogP contribution in [0.1, 0.15) is 12.8 Å². The Kier molecular flexibility index (Phi) is 4.20. The Morgan fingerprint density at radius 1 is 1.38 bits per heavy atom. The molecule has 0 saturated carbocycles. The van der Waals surface area contributed by atoms with Gasteiger partial charge in [0.05, 0.1) is 15.9 Å². The molecule has 1 aromatic rings. The Hall–Kier alpha value is -2.05. The molecule has 2 rings (SSSR count). The van der Waals surface area contributed by atoms with E-state index in [0.29, 0.717) is 12.8 Å². The van der Waals surface area contributed by atoms with Gasteiger partial charge in [-0.3, -0.25) is 10.1 Å². The van der Waals surface area contributed by atoms with Crippen molar-refractivity contribution in [2.45, 2.75) is 17.7 Å². The second kappa shape index (κ2) is 5.75. The average Bonchev–Trinajstić information content (AvgIpc) is 2.47. The van der Waals surface area contributed by atoms with Crippen molar-refractivity contribution < 1.29 is 17.7 Å². The highest BCUT2D eigenvalue weighted by molar-refractivity contribution is 7.89. The van der Waals surface area contributed by atoms with Crippen molar-refractivity contribution in [2.24, 2.45) is 5.92 Å². The molecule has 0 amide bonds. The normalized spacial score (nSPS) is 17.3. The molecule has 0 spiro atoms. The van der Waals surface area contributed by atoms with E-state index in [1.54, 1.807) is 0 Å². The molecule has 0 unspecified atom stereocenters. The van der Waals surface area contributed by atoms with E-state index in [0.717, 1.165) is 22.5 Å². The Bertz CT molecular complexity index is 706. The first kappa shape index (κ1) is 15.3. The largest absolute Gasteiger partial charge is 0.306 e. The zero-order chi connectivity index (χ0) is 15.6. The molecule has 0 radical (unpaired) electrons. The SMILES string of the molecule is N#CC1CCN(S(=O)(=O)c2ccc(F)c([N+](=O)[O-])c2)CC1. The Labute approximate surface area is 120 Å². The van der Waals surface area contributed by atoms with Gasteiger partial charge < -0.3 is 0 Å². The first-order valence-electron chi connectivity index (χ1n) is 6.20. The topological polar surface area (TPSA) is 104 Å². The summed E-state index contributed by atoms with van der Waals surface area (Å²) in [4.78, 5) is 9.40. The Morgan fingerprint density at radius 3 is 2.52 bits per heavy atom. The van der Waals surface area contributed by atoms with Crippen molar-refractivity contribution in [3.05, 3.63) is 34.1 Å². The molecule has 7 nitrogen and oxygen atoms in total. The number of nitro benzene ring substituents is 1. The molecule has 1 aromatic carbocycles. The minimum absolute atomic E-state index is 0.172. The van der Waals surface area contributed by atoms with Crippen molar-refractivity contribution in [1.29, 1.82) is 5.26 Å². The van der Waals surface area contributed by atoms with Gasteiger partial charge in [-0.05, 0) is 25.0 Å². The van der Waals surface area contributed by atoms with Crippen molar-refractivity contribution in [1.82, 2.24) is 4.31 Å². The van der Waals surface area contributed by atoms with Gasteiger partial charge in [0.2, 0.25) is 15.8 Å². The van der Waals surface area contributed by atoms with Crippen LogP contribution < -0.4 is 0 Å². The number of sulfonamides is 1. The summed E-state index contributed by atoms with van der Waals surface area (Å²) in [6.07, 6.45) is 0.831. The third-order valence-electron chi connectivity index (χ3n) is 3.39. The second-order valence-corrected chi connectivity index (χ2v) is 6.62. The smallest absolute Gasteiger partial charge is 0.258 e. The van der Waals surface area contributed by atoms with Gasteiger partial charge in [0, 0.05) is 25.1 Å². The fourth-order valence-corrected chi connectivity index (χ4v) is 3.66. The van der Waals surface area contributed by atoms with Crippen LogP contribution in [0.3, 0.4) is 0 Å². The molecule has 0 N–H and O–H groups in total. The Balaban J connectivity index is 2.31. The molecule has 0 atom stereocenters. The van der Waals surface area contributed by atoms with Crippen molar-refractivity contribution >= 4 is 15.7 Å². The summed E-state index contributed by atoms with van der Waals surface area (Å²) in [7, 11) is -3.91. The highest BCUT2D eigenvalue weighted by atomic mass is 32.2. The number of nitro groups is 1. The summed E-state index contributed by atoms with van der Waals surface area (Å²) in [6, 6.07) is 4.59. The second-order valence-electron chi connectivity index (χ2n) is 4.68. The quantitative estimate of drug-likeness (QED) is 0.623. The molecule has 0 aliphatic carbocycles. The maximum atomic E-state index is 13.3. The van der Waals surface area contributed by atoms with Gasteiger partial charge in [-0.2, -0.15) is 14.0 Å². The molecular formula is C12H12FN3O4S. The van der Waals surface area contributed by atoms with E-state index in [-0.39, 0.29) is 23.9 Å². The fraction of sp³-hybridized carbons (Fsp3) is 0.417. The lowest BCUT2D eigenvalue weighted by Crippen LogP contribution is -2.38. The molecule has 1 aliphatic heterocycles. The van der Waals surface area contributed by atoms with Crippen LogP contribution in [-0.2, 0) is 10.0 Å². The summed E-state index contributed by atoms with van der Waals surface area (Å²) in [5.74, 6) is -1.26. The zero-order valence-electron chi connectivity index (χ0n) is 10.9. The lowest BCUT2D eigenvalue weighted by atomic mass is 10.0. The first-order chi connectivity index (χ1) is 9.86. The molecule has 1 aliphatic rings. The highest BCUT2D eigenvalue weighted by Gasteiger charge is 2.31. The molecule has 1 heterocycles. The van der Waals surface area contributed by atoms with Gasteiger partial charge in [-0.25, -0.2) is 8.42 Å². The third-order valence-corrected chi connectivity index (χ3v) is 5.28. The Morgan fingerprint density at radius 2 is 2.00 bits per heavy atom. The number of hydrogen-bond acceptors (Lipinski definition) is 5. The van der Waals surface area contributed by atoms with Gasteiger partial charge in [-0.15, -0.1) is 0 Å². The van der Waals surface area contributed by atoms with Crippen LogP contribution in [0.5, 0.6) is 0 Å². The molecule has 21 heavy (non-hydrogen) atoms. The summed E-state index contributed by atoms with van der Waals surface area (Å²) >= 11 is 0. The van der Waals surface area contributed by atoms with Crippen LogP contribution in [-0.4, -0.2) is 30.7 Å². The number of benzene rings is 1. The lowest BCUT2D eigenvalue weighted by molar-refractivity contribution is -0.387. The van der Waals surface area contributed by atoms with Crippen LogP contribution in [0.4, 0.5) is 10.1 Å². The number of nitriles is 1. The van der Waals surface area contributed by atoms with Crippen LogP contribution >= 0.6 is 0 Å². The van der Waals surface area contributed by atoms with Crippen molar-refractivity contribution in [3.8, 4) is 6.07 Å². The molecule has 0 aromatic heterocycles. The number of hydrogen-bond donors (Lipinski definition) is 0. The predicted octanol–water partition coefficient (Wildman–Crippen LogP) is 1.66. The molecule has 112 valence electrons. The van der Waals surface area contributed by atoms with E-state index in [2.05, 4.69) is 6.07 Å². The maximum absolute atomic E-state index is 13.3. The fourth-order valence-electron chi connectivity index (χ4n) is 2.17. The van der Waals surface area contributed by atoms with E-state index in [4.69, 9.17) is 5.26 Å². The van der Waals surface area contributed by atoms with E-state index < -0.39 is 26.5 Å². The van der Waals surface area contributed by atoms with Crippen molar-refractivity contribution in [3.63, 3.8) is 0 Å². The minimum Gasteiger partial charge on any atom is -0.258 e. The van der Waals surface area contributed by atoms with E-state index in [9.17, 15) is 22.9 Å². The molecule has 0 bridgehead atoms. The molecule has 1 fully saturated rings. The van der Waals surface area contributed by atoms with Crippen LogP contribution in [0.25, 0.3) is 0 Å². The van der Waals surface area contributed by atoms with Gasteiger partial charge >= 0.3 is 5.69 Å². The summed E-state index contributed by atoms with van der Waals surface area (Å²) < 4.78 is 39.2. The summed E-state index contributed by atoms with van der Waals surface area (Å²) in [5, 5.41) is 19.5. The molecule has 1 saturated heterocycles. The molecule has 9 heteroatoms. The predicted molar refractivity (Wildman–Crippen MR) is 70.2 cm³/mol. The van der Waals surface area contributed by atoms with Gasteiger partial charge in [0.1, 0.15) is 0 Å². The number of rotatable bonds is 3. The standard InChI is InChI=1S/C12H12FN3O4S/c13-11-2-1-10(7-12(11)16(17)18)21(19,20)15-5-3-9(8-14)4-6-15/h1-2,7,9H,3-6H2. The highest BCUT2D eigenvalue weighted by Crippen LogP contribution is 2.27. The lowest BCUT2D eigenvalue weighted by Gasteiger charge is -2.28. The van der Waals surface area contributed by atoms with Crippen LogP contribution in [0, 0.1) is 33.2 Å². The number of nitrogens with zero attached hydrogens (tertiary/aromatic N) is 3. The minimum atomic E-state index is -3.91. The van der Waals surface area contributed by atoms with E-state index >= 15 is 0 Å².